The highest BCUT2D eigenvalue weighted by atomic mass is 16.1. The van der Waals surface area contributed by atoms with Gasteiger partial charge in [0.25, 0.3) is 11.9 Å². The molecule has 0 aliphatic heterocycles. The van der Waals surface area contributed by atoms with Crippen LogP contribution in [0, 0.1) is 37.0 Å². The lowest BCUT2D eigenvalue weighted by Gasteiger charge is -2.56. The van der Waals surface area contributed by atoms with Crippen molar-refractivity contribution in [2.45, 2.75) is 52.4 Å². The third-order valence-corrected chi connectivity index (χ3v) is 8.05. The monoisotopic (exact) mass is 442 g/mol. The van der Waals surface area contributed by atoms with E-state index in [-0.39, 0.29) is 5.91 Å². The number of aryl methyl sites for hydroxylation is 2. The summed E-state index contributed by atoms with van der Waals surface area (Å²) in [5.74, 6) is 3.05. The molecule has 7 rings (SSSR count). The van der Waals surface area contributed by atoms with E-state index in [1.165, 1.54) is 38.5 Å². The second-order valence-electron chi connectivity index (χ2n) is 10.6. The molecule has 0 saturated heterocycles. The summed E-state index contributed by atoms with van der Waals surface area (Å²) < 4.78 is 1.61. The minimum Gasteiger partial charge on any atom is -0.351 e. The van der Waals surface area contributed by atoms with Crippen molar-refractivity contribution >= 4 is 5.91 Å². The molecule has 4 fully saturated rings. The number of carbonyl (C=O) groups is 1. The van der Waals surface area contributed by atoms with E-state index >= 15 is 0 Å². The molecule has 7 nitrogen and oxygen atoms in total. The zero-order valence-electron chi connectivity index (χ0n) is 19.3. The molecular formula is C26H30N6O. The van der Waals surface area contributed by atoms with Crippen LogP contribution in [-0.2, 0) is 0 Å². The summed E-state index contributed by atoms with van der Waals surface area (Å²) >= 11 is 0. The highest BCUT2D eigenvalue weighted by Crippen LogP contribution is 2.59. The smallest absolute Gasteiger partial charge is 0.254 e. The van der Waals surface area contributed by atoms with Crippen molar-refractivity contribution in [3.05, 3.63) is 53.7 Å². The minimum absolute atomic E-state index is 0.0454. The number of nitrogens with one attached hydrogen (secondary N) is 1. The van der Waals surface area contributed by atoms with Gasteiger partial charge in [-0.3, -0.25) is 9.78 Å². The second-order valence-corrected chi connectivity index (χ2v) is 10.6. The summed E-state index contributed by atoms with van der Waals surface area (Å²) in [6.07, 6.45) is 15.1. The van der Waals surface area contributed by atoms with E-state index in [0.29, 0.717) is 22.6 Å². The van der Waals surface area contributed by atoms with E-state index < -0.39 is 0 Å². The molecule has 0 radical (unpaired) electrons. The van der Waals surface area contributed by atoms with Crippen molar-refractivity contribution in [3.63, 3.8) is 0 Å². The van der Waals surface area contributed by atoms with Gasteiger partial charge in [0.1, 0.15) is 0 Å². The van der Waals surface area contributed by atoms with Crippen molar-refractivity contribution in [1.29, 1.82) is 0 Å². The van der Waals surface area contributed by atoms with Gasteiger partial charge in [0.15, 0.2) is 0 Å². The van der Waals surface area contributed by atoms with Crippen molar-refractivity contribution < 1.29 is 4.79 Å². The largest absolute Gasteiger partial charge is 0.351 e. The lowest BCUT2D eigenvalue weighted by molar-refractivity contribution is -0.0503. The molecule has 170 valence electrons. The molecule has 4 aliphatic rings. The van der Waals surface area contributed by atoms with Crippen molar-refractivity contribution in [1.82, 2.24) is 30.0 Å². The van der Waals surface area contributed by atoms with Gasteiger partial charge in [0, 0.05) is 36.9 Å². The summed E-state index contributed by atoms with van der Waals surface area (Å²) in [5, 5.41) is 7.83. The number of pyridine rings is 1. The highest BCUT2D eigenvalue weighted by molar-refractivity contribution is 5.95. The molecule has 1 N–H and O–H groups in total. The minimum atomic E-state index is -0.0454. The Morgan fingerprint density at radius 1 is 1.09 bits per heavy atom. The molecule has 3 aromatic heterocycles. The molecule has 33 heavy (non-hydrogen) atoms. The van der Waals surface area contributed by atoms with Crippen LogP contribution in [-0.4, -0.2) is 37.2 Å². The van der Waals surface area contributed by atoms with E-state index in [2.05, 4.69) is 20.4 Å². The maximum Gasteiger partial charge on any atom is 0.254 e. The molecule has 4 saturated carbocycles. The fourth-order valence-corrected chi connectivity index (χ4v) is 7.00. The first-order chi connectivity index (χ1) is 16.0. The second kappa shape index (κ2) is 7.75. The van der Waals surface area contributed by atoms with Gasteiger partial charge in [-0.2, -0.15) is 5.10 Å². The quantitative estimate of drug-likeness (QED) is 0.637. The van der Waals surface area contributed by atoms with Gasteiger partial charge in [-0.05, 0) is 93.2 Å². The van der Waals surface area contributed by atoms with Gasteiger partial charge >= 0.3 is 0 Å². The SMILES string of the molecule is Cc1cnc(-n2cc(C(=O)NCC34CC5CC(CC(C5)C3)C4)c(C)n2)nc1-c1ccncc1. The van der Waals surface area contributed by atoms with Crippen LogP contribution < -0.4 is 5.32 Å². The van der Waals surface area contributed by atoms with Gasteiger partial charge in [0.2, 0.25) is 0 Å². The molecular weight excluding hydrogens is 412 g/mol. The van der Waals surface area contributed by atoms with Crippen LogP contribution in [0.4, 0.5) is 0 Å². The van der Waals surface area contributed by atoms with Crippen LogP contribution >= 0.6 is 0 Å². The molecule has 0 aromatic carbocycles. The maximum absolute atomic E-state index is 13.1. The average molecular weight is 443 g/mol. The molecule has 1 amide bonds. The van der Waals surface area contributed by atoms with Crippen molar-refractivity contribution in [3.8, 4) is 17.2 Å². The van der Waals surface area contributed by atoms with E-state index in [0.717, 1.165) is 41.1 Å². The van der Waals surface area contributed by atoms with Gasteiger partial charge in [-0.15, -0.1) is 0 Å². The molecule has 4 bridgehead atoms. The third-order valence-electron chi connectivity index (χ3n) is 8.05. The Labute approximate surface area is 194 Å². The first-order valence-corrected chi connectivity index (χ1v) is 12.1. The normalized spacial score (nSPS) is 27.6. The first-order valence-electron chi connectivity index (χ1n) is 12.1. The Morgan fingerprint density at radius 2 is 1.76 bits per heavy atom. The van der Waals surface area contributed by atoms with Gasteiger partial charge < -0.3 is 5.32 Å². The van der Waals surface area contributed by atoms with Gasteiger partial charge in [0.05, 0.1) is 17.0 Å². The van der Waals surface area contributed by atoms with Crippen LogP contribution in [0.5, 0.6) is 0 Å². The molecule has 4 aliphatic carbocycles. The van der Waals surface area contributed by atoms with Crippen molar-refractivity contribution in [2.24, 2.45) is 23.2 Å². The molecule has 0 atom stereocenters. The van der Waals surface area contributed by atoms with Crippen LogP contribution in [0.2, 0.25) is 0 Å². The number of carbonyl (C=O) groups excluding carboxylic acids is 1. The van der Waals surface area contributed by atoms with Crippen LogP contribution in [0.1, 0.15) is 60.1 Å². The van der Waals surface area contributed by atoms with Crippen LogP contribution in [0.3, 0.4) is 0 Å². The Bertz CT molecular complexity index is 1170. The third kappa shape index (κ3) is 3.73. The molecule has 3 heterocycles. The number of hydrogen-bond acceptors (Lipinski definition) is 5. The van der Waals surface area contributed by atoms with Gasteiger partial charge in [-0.25, -0.2) is 14.6 Å². The van der Waals surface area contributed by atoms with Gasteiger partial charge in [-0.1, -0.05) is 0 Å². The lowest BCUT2D eigenvalue weighted by atomic mass is 9.49. The summed E-state index contributed by atoms with van der Waals surface area (Å²) in [4.78, 5) is 26.4. The number of aromatic nitrogens is 5. The van der Waals surface area contributed by atoms with E-state index in [1.54, 1.807) is 29.5 Å². The number of nitrogens with zero attached hydrogens (tertiary/aromatic N) is 5. The van der Waals surface area contributed by atoms with E-state index in [9.17, 15) is 4.79 Å². The number of amides is 1. The molecule has 7 heteroatoms. The first kappa shape index (κ1) is 20.5. The van der Waals surface area contributed by atoms with Crippen LogP contribution in [0.15, 0.2) is 36.9 Å². The topological polar surface area (TPSA) is 85.6 Å². The summed E-state index contributed by atoms with van der Waals surface area (Å²) in [6, 6.07) is 3.85. The highest BCUT2D eigenvalue weighted by Gasteiger charge is 2.50. The summed E-state index contributed by atoms with van der Waals surface area (Å²) in [7, 11) is 0. The van der Waals surface area contributed by atoms with E-state index in [4.69, 9.17) is 4.98 Å². The Morgan fingerprint density at radius 3 is 2.42 bits per heavy atom. The number of rotatable bonds is 5. The maximum atomic E-state index is 13.1. The van der Waals surface area contributed by atoms with Crippen molar-refractivity contribution in [2.75, 3.05) is 6.54 Å². The molecule has 0 spiro atoms. The fraction of sp³-hybridized carbons (Fsp3) is 0.500. The Hall–Kier alpha value is -3.09. The summed E-state index contributed by atoms with van der Waals surface area (Å²) in [5.41, 5.74) is 4.38. The average Bonchev–Trinajstić information content (AvgIpc) is 3.19. The standard InChI is InChI=1S/C26H30N6O/c1-16-13-28-25(30-23(16)21-3-5-27-6-4-21)32-14-22(17(2)31-32)24(33)29-15-26-10-18-7-19(11-26)9-20(8-18)12-26/h3-6,13-14,18-20H,7-12,15H2,1-2H3,(H,29,33). The molecule has 3 aromatic rings. The Kier molecular flexibility index (Phi) is 4.82. The van der Waals surface area contributed by atoms with E-state index in [1.807, 2.05) is 26.0 Å². The summed E-state index contributed by atoms with van der Waals surface area (Å²) in [6.45, 7) is 4.64. The van der Waals surface area contributed by atoms with Crippen LogP contribution in [0.25, 0.3) is 17.2 Å². The molecule has 0 unspecified atom stereocenters. The zero-order chi connectivity index (χ0) is 22.6. The number of hydrogen-bond donors (Lipinski definition) is 1. The Balaban J connectivity index is 1.21. The fourth-order valence-electron chi connectivity index (χ4n) is 7.00. The zero-order valence-corrected chi connectivity index (χ0v) is 19.3. The lowest BCUT2D eigenvalue weighted by Crippen LogP contribution is -2.51. The predicted octanol–water partition coefficient (Wildman–Crippen LogP) is 4.29. The predicted molar refractivity (Wildman–Crippen MR) is 125 cm³/mol.